The van der Waals surface area contributed by atoms with Crippen LogP contribution in [0.5, 0.6) is 0 Å². The summed E-state index contributed by atoms with van der Waals surface area (Å²) in [6, 6.07) is 17.8. The average Bonchev–Trinajstić information content (AvgIpc) is 2.97. The Morgan fingerprint density at radius 3 is 2.68 bits per heavy atom. The minimum Gasteiger partial charge on any atom is -0.462 e. The van der Waals surface area contributed by atoms with E-state index >= 15 is 0 Å². The quantitative estimate of drug-likeness (QED) is 0.571. The summed E-state index contributed by atoms with van der Waals surface area (Å²) in [5.41, 5.74) is 3.25. The summed E-state index contributed by atoms with van der Waals surface area (Å²) >= 11 is 0. The van der Waals surface area contributed by atoms with Crippen LogP contribution in [-0.4, -0.2) is 17.6 Å². The zero-order valence-corrected chi connectivity index (χ0v) is 12.2. The molecule has 0 amide bonds. The molecular weight excluding hydrogens is 274 g/mol. The summed E-state index contributed by atoms with van der Waals surface area (Å²) in [7, 11) is 0. The lowest BCUT2D eigenvalue weighted by molar-refractivity contribution is -0.137. The Morgan fingerprint density at radius 2 is 1.82 bits per heavy atom. The van der Waals surface area contributed by atoms with E-state index in [-0.39, 0.29) is 5.97 Å². The second-order valence-corrected chi connectivity index (χ2v) is 5.02. The average molecular weight is 291 g/mol. The Morgan fingerprint density at radius 1 is 1.05 bits per heavy atom. The summed E-state index contributed by atoms with van der Waals surface area (Å²) in [6.07, 6.45) is 5.89. The number of benzene rings is 2. The summed E-state index contributed by atoms with van der Waals surface area (Å²) in [4.78, 5) is 14.9. The van der Waals surface area contributed by atoms with E-state index in [1.54, 1.807) is 6.08 Å². The van der Waals surface area contributed by atoms with Crippen LogP contribution in [0.25, 0.3) is 17.0 Å². The van der Waals surface area contributed by atoms with Gasteiger partial charge in [0, 0.05) is 29.6 Å². The van der Waals surface area contributed by atoms with Gasteiger partial charge in [0.05, 0.1) is 6.61 Å². The number of fused-ring (bicyclic) bond motifs is 1. The Labute approximate surface area is 129 Å². The molecular formula is C19H17NO2. The van der Waals surface area contributed by atoms with Crippen molar-refractivity contribution in [3.8, 4) is 0 Å². The first-order valence-electron chi connectivity index (χ1n) is 7.28. The summed E-state index contributed by atoms with van der Waals surface area (Å²) in [5, 5.41) is 1.18. The van der Waals surface area contributed by atoms with Crippen molar-refractivity contribution in [1.29, 1.82) is 0 Å². The van der Waals surface area contributed by atoms with Crippen LogP contribution in [0.15, 0.2) is 66.9 Å². The Balaban J connectivity index is 1.52. The fraction of sp³-hybridized carbons (Fsp3) is 0.105. The number of carbonyl (C=O) groups excluding carboxylic acids is 1. The van der Waals surface area contributed by atoms with Crippen molar-refractivity contribution in [3.63, 3.8) is 0 Å². The van der Waals surface area contributed by atoms with E-state index in [9.17, 15) is 4.79 Å². The number of aromatic amines is 1. The van der Waals surface area contributed by atoms with Crippen molar-refractivity contribution < 1.29 is 9.53 Å². The van der Waals surface area contributed by atoms with Gasteiger partial charge in [-0.05, 0) is 23.3 Å². The van der Waals surface area contributed by atoms with Gasteiger partial charge in [-0.3, -0.25) is 0 Å². The molecule has 3 nitrogen and oxygen atoms in total. The van der Waals surface area contributed by atoms with E-state index < -0.39 is 0 Å². The monoisotopic (exact) mass is 291 g/mol. The third-order valence-electron chi connectivity index (χ3n) is 3.50. The number of aromatic nitrogens is 1. The largest absolute Gasteiger partial charge is 0.462 e. The molecule has 0 spiro atoms. The number of carbonyl (C=O) groups is 1. The van der Waals surface area contributed by atoms with Gasteiger partial charge in [-0.2, -0.15) is 0 Å². The molecule has 1 heterocycles. The third-order valence-corrected chi connectivity index (χ3v) is 3.50. The molecule has 0 aliphatic rings. The molecule has 3 rings (SSSR count). The maximum Gasteiger partial charge on any atom is 0.330 e. The summed E-state index contributed by atoms with van der Waals surface area (Å²) in [5.74, 6) is -0.316. The summed E-state index contributed by atoms with van der Waals surface area (Å²) in [6.45, 7) is 0.375. The van der Waals surface area contributed by atoms with Crippen molar-refractivity contribution in [2.24, 2.45) is 0 Å². The third kappa shape index (κ3) is 3.44. The molecule has 0 unspecified atom stereocenters. The SMILES string of the molecule is O=C(/C=C/c1ccccc1)OCCc1c[nH]c2ccccc12. The van der Waals surface area contributed by atoms with E-state index in [2.05, 4.69) is 11.1 Å². The number of nitrogens with one attached hydrogen (secondary N) is 1. The summed E-state index contributed by atoms with van der Waals surface area (Å²) < 4.78 is 5.25. The minimum atomic E-state index is -0.316. The molecule has 1 aromatic heterocycles. The number of rotatable bonds is 5. The van der Waals surface area contributed by atoms with E-state index in [4.69, 9.17) is 4.74 Å². The van der Waals surface area contributed by atoms with Crippen LogP contribution in [0.4, 0.5) is 0 Å². The van der Waals surface area contributed by atoms with Crippen LogP contribution < -0.4 is 0 Å². The lowest BCUT2D eigenvalue weighted by Gasteiger charge is -2.01. The molecule has 0 aliphatic carbocycles. The highest BCUT2D eigenvalue weighted by molar-refractivity contribution is 5.87. The minimum absolute atomic E-state index is 0.316. The highest BCUT2D eigenvalue weighted by Gasteiger charge is 2.04. The van der Waals surface area contributed by atoms with Crippen LogP contribution in [0.2, 0.25) is 0 Å². The van der Waals surface area contributed by atoms with Crippen molar-refractivity contribution in [1.82, 2.24) is 4.98 Å². The first-order valence-corrected chi connectivity index (χ1v) is 7.28. The lowest BCUT2D eigenvalue weighted by atomic mass is 10.1. The molecule has 0 saturated carbocycles. The zero-order valence-electron chi connectivity index (χ0n) is 12.2. The Kier molecular flexibility index (Phi) is 4.35. The maximum absolute atomic E-state index is 11.7. The molecule has 0 atom stereocenters. The van der Waals surface area contributed by atoms with Gasteiger partial charge in [0.1, 0.15) is 0 Å². The van der Waals surface area contributed by atoms with Gasteiger partial charge in [-0.25, -0.2) is 4.79 Å². The second kappa shape index (κ2) is 6.76. The topological polar surface area (TPSA) is 42.1 Å². The fourth-order valence-corrected chi connectivity index (χ4v) is 2.38. The van der Waals surface area contributed by atoms with E-state index in [0.29, 0.717) is 13.0 Å². The predicted molar refractivity (Wildman–Crippen MR) is 88.4 cm³/mol. The molecule has 2 aromatic carbocycles. The van der Waals surface area contributed by atoms with Gasteiger partial charge in [0.15, 0.2) is 0 Å². The molecule has 0 radical (unpaired) electrons. The van der Waals surface area contributed by atoms with Crippen molar-refractivity contribution in [2.45, 2.75) is 6.42 Å². The van der Waals surface area contributed by atoms with E-state index in [0.717, 1.165) is 16.6 Å². The molecule has 1 N–H and O–H groups in total. The number of para-hydroxylation sites is 1. The molecule has 0 saturated heterocycles. The van der Waals surface area contributed by atoms with Crippen LogP contribution in [-0.2, 0) is 16.0 Å². The molecule has 3 heteroatoms. The predicted octanol–water partition coefficient (Wildman–Crippen LogP) is 3.97. The Bertz CT molecular complexity index is 787. The number of ether oxygens (including phenoxy) is 1. The number of esters is 1. The van der Waals surface area contributed by atoms with E-state index in [1.165, 1.54) is 11.5 Å². The van der Waals surface area contributed by atoms with Crippen molar-refractivity contribution in [2.75, 3.05) is 6.61 Å². The van der Waals surface area contributed by atoms with Gasteiger partial charge in [0.2, 0.25) is 0 Å². The standard InChI is InChI=1S/C19H17NO2/c21-19(11-10-15-6-2-1-3-7-15)22-13-12-16-14-20-18-9-5-4-8-17(16)18/h1-11,14,20H,12-13H2/b11-10+. The van der Waals surface area contributed by atoms with Gasteiger partial charge in [0.25, 0.3) is 0 Å². The second-order valence-electron chi connectivity index (χ2n) is 5.02. The smallest absolute Gasteiger partial charge is 0.330 e. The van der Waals surface area contributed by atoms with Gasteiger partial charge in [-0.15, -0.1) is 0 Å². The number of hydrogen-bond donors (Lipinski definition) is 1. The maximum atomic E-state index is 11.7. The van der Waals surface area contributed by atoms with Crippen LogP contribution >= 0.6 is 0 Å². The lowest BCUT2D eigenvalue weighted by Crippen LogP contribution is -2.04. The fourth-order valence-electron chi connectivity index (χ4n) is 2.38. The van der Waals surface area contributed by atoms with Gasteiger partial charge < -0.3 is 9.72 Å². The molecule has 3 aromatic rings. The first-order chi connectivity index (χ1) is 10.8. The molecule has 0 aliphatic heterocycles. The Hall–Kier alpha value is -2.81. The molecule has 110 valence electrons. The normalized spacial score (nSPS) is 11.1. The van der Waals surface area contributed by atoms with Gasteiger partial charge >= 0.3 is 5.97 Å². The van der Waals surface area contributed by atoms with Crippen LogP contribution in [0.3, 0.4) is 0 Å². The molecule has 0 fully saturated rings. The first kappa shape index (κ1) is 14.1. The van der Waals surface area contributed by atoms with Crippen LogP contribution in [0, 0.1) is 0 Å². The molecule has 0 bridgehead atoms. The van der Waals surface area contributed by atoms with E-state index in [1.807, 2.05) is 54.7 Å². The van der Waals surface area contributed by atoms with Crippen LogP contribution in [0.1, 0.15) is 11.1 Å². The zero-order chi connectivity index (χ0) is 15.2. The number of H-pyrrole nitrogens is 1. The highest BCUT2D eigenvalue weighted by atomic mass is 16.5. The highest BCUT2D eigenvalue weighted by Crippen LogP contribution is 2.18. The van der Waals surface area contributed by atoms with Crippen molar-refractivity contribution in [3.05, 3.63) is 78.0 Å². The van der Waals surface area contributed by atoms with Crippen molar-refractivity contribution >= 4 is 22.9 Å². The van der Waals surface area contributed by atoms with Gasteiger partial charge in [-0.1, -0.05) is 48.5 Å². The number of hydrogen-bond acceptors (Lipinski definition) is 2. The molecule has 22 heavy (non-hydrogen) atoms.